The first-order valence-electron chi connectivity index (χ1n) is 7.78. The zero-order chi connectivity index (χ0) is 16.8. The summed E-state index contributed by atoms with van der Waals surface area (Å²) < 4.78 is 10.5. The highest BCUT2D eigenvalue weighted by Gasteiger charge is 2.35. The van der Waals surface area contributed by atoms with Crippen molar-refractivity contribution in [3.05, 3.63) is 29.8 Å². The van der Waals surface area contributed by atoms with Crippen LogP contribution in [-0.2, 0) is 9.53 Å². The molecule has 0 radical (unpaired) electrons. The maximum Gasteiger partial charge on any atom is 0.308 e. The van der Waals surface area contributed by atoms with Crippen LogP contribution in [0.5, 0.6) is 5.75 Å². The van der Waals surface area contributed by atoms with Gasteiger partial charge in [0.25, 0.3) is 5.91 Å². The Kier molecular flexibility index (Phi) is 5.98. The minimum atomic E-state index is -0.889. The summed E-state index contributed by atoms with van der Waals surface area (Å²) in [5, 5.41) is 9.08. The van der Waals surface area contributed by atoms with Gasteiger partial charge >= 0.3 is 5.97 Å². The van der Waals surface area contributed by atoms with E-state index in [2.05, 4.69) is 0 Å². The fraction of sp³-hybridized carbons (Fsp3) is 0.529. The predicted molar refractivity (Wildman–Crippen MR) is 84.7 cm³/mol. The summed E-state index contributed by atoms with van der Waals surface area (Å²) in [7, 11) is 1.60. The average molecular weight is 321 g/mol. The summed E-state index contributed by atoms with van der Waals surface area (Å²) >= 11 is 0. The van der Waals surface area contributed by atoms with Crippen molar-refractivity contribution in [2.45, 2.75) is 25.8 Å². The van der Waals surface area contributed by atoms with E-state index < -0.39 is 11.9 Å². The lowest BCUT2D eigenvalue weighted by atomic mass is 10.1. The molecule has 1 aliphatic carbocycles. The largest absolute Gasteiger partial charge is 0.491 e. The molecule has 126 valence electrons. The Morgan fingerprint density at radius 2 is 2.09 bits per heavy atom. The molecule has 0 saturated heterocycles. The first-order valence-corrected chi connectivity index (χ1v) is 7.78. The third-order valence-electron chi connectivity index (χ3n) is 3.78. The molecule has 2 rings (SSSR count). The van der Waals surface area contributed by atoms with Gasteiger partial charge in [-0.15, -0.1) is 0 Å². The predicted octanol–water partition coefficient (Wildman–Crippen LogP) is 2.04. The molecule has 1 saturated carbocycles. The lowest BCUT2D eigenvalue weighted by Crippen LogP contribution is -2.38. The van der Waals surface area contributed by atoms with Crippen LogP contribution >= 0.6 is 0 Å². The zero-order valence-corrected chi connectivity index (χ0v) is 13.5. The van der Waals surface area contributed by atoms with Crippen molar-refractivity contribution in [3.63, 3.8) is 0 Å². The van der Waals surface area contributed by atoms with Crippen LogP contribution in [0.3, 0.4) is 0 Å². The molecule has 1 aromatic carbocycles. The quantitative estimate of drug-likeness (QED) is 0.704. The van der Waals surface area contributed by atoms with Crippen LogP contribution in [0.25, 0.3) is 0 Å². The first-order chi connectivity index (χ1) is 11.0. The molecule has 1 atom stereocenters. The number of ether oxygens (including phenoxy) is 2. The van der Waals surface area contributed by atoms with Crippen LogP contribution in [0.4, 0.5) is 0 Å². The molecule has 0 aromatic heterocycles. The minimum absolute atomic E-state index is 0.141. The van der Waals surface area contributed by atoms with Crippen LogP contribution in [-0.4, -0.2) is 54.8 Å². The number of rotatable bonds is 9. The molecule has 0 bridgehead atoms. The number of carboxylic acids is 1. The highest BCUT2D eigenvalue weighted by molar-refractivity contribution is 5.95. The van der Waals surface area contributed by atoms with Crippen LogP contribution in [0.15, 0.2) is 24.3 Å². The second-order valence-corrected chi connectivity index (χ2v) is 5.80. The summed E-state index contributed by atoms with van der Waals surface area (Å²) in [5.74, 6) is -1.01. The van der Waals surface area contributed by atoms with Gasteiger partial charge in [0.2, 0.25) is 0 Å². The van der Waals surface area contributed by atoms with Gasteiger partial charge in [-0.3, -0.25) is 9.59 Å². The van der Waals surface area contributed by atoms with Crippen molar-refractivity contribution in [1.29, 1.82) is 0 Å². The van der Waals surface area contributed by atoms with Crippen LogP contribution in [0.1, 0.15) is 30.1 Å². The Bertz CT molecular complexity index is 556. The number of amides is 1. The zero-order valence-electron chi connectivity index (χ0n) is 13.5. The molecule has 1 unspecified atom stereocenters. The van der Waals surface area contributed by atoms with Gasteiger partial charge in [-0.1, -0.05) is 13.0 Å². The number of methoxy groups -OCH3 is 1. The van der Waals surface area contributed by atoms with Gasteiger partial charge in [0.1, 0.15) is 12.4 Å². The lowest BCUT2D eigenvalue weighted by molar-refractivity contribution is -0.141. The molecular formula is C17H23NO5. The fourth-order valence-electron chi connectivity index (χ4n) is 2.28. The van der Waals surface area contributed by atoms with Crippen molar-refractivity contribution in [3.8, 4) is 5.75 Å². The van der Waals surface area contributed by atoms with Gasteiger partial charge in [-0.2, -0.15) is 0 Å². The number of carboxylic acid groups (broad SMARTS) is 1. The Labute approximate surface area is 136 Å². The van der Waals surface area contributed by atoms with Crippen molar-refractivity contribution >= 4 is 11.9 Å². The number of hydrogen-bond donors (Lipinski definition) is 1. The number of carbonyl (C=O) groups excluding carboxylic acids is 1. The summed E-state index contributed by atoms with van der Waals surface area (Å²) in [6, 6.07) is 7.13. The molecule has 23 heavy (non-hydrogen) atoms. The lowest BCUT2D eigenvalue weighted by Gasteiger charge is -2.24. The van der Waals surface area contributed by atoms with E-state index in [1.165, 1.54) is 0 Å². The standard InChI is InChI=1S/C17H23NO5/c1-12(17(20)21)11-18(14-6-7-14)16(19)13-4-3-5-15(10-13)23-9-8-22-2/h3-5,10,12,14H,6-9,11H2,1-2H3,(H,20,21). The SMILES string of the molecule is COCCOc1cccc(C(=O)N(CC(C)C(=O)O)C2CC2)c1. The van der Waals surface area contributed by atoms with Gasteiger partial charge < -0.3 is 19.5 Å². The van der Waals surface area contributed by atoms with Crippen LogP contribution in [0.2, 0.25) is 0 Å². The Hall–Kier alpha value is -2.08. The van der Waals surface area contributed by atoms with Gasteiger partial charge in [0.05, 0.1) is 12.5 Å². The number of carbonyl (C=O) groups is 2. The second kappa shape index (κ2) is 7.97. The molecule has 6 heteroatoms. The second-order valence-electron chi connectivity index (χ2n) is 5.80. The minimum Gasteiger partial charge on any atom is -0.491 e. The van der Waals surface area contributed by atoms with Gasteiger partial charge in [0, 0.05) is 25.3 Å². The summed E-state index contributed by atoms with van der Waals surface area (Å²) in [6.07, 6.45) is 1.87. The van der Waals surface area contributed by atoms with Gasteiger partial charge in [0.15, 0.2) is 0 Å². The molecule has 0 spiro atoms. The van der Waals surface area contributed by atoms with E-state index in [1.54, 1.807) is 43.2 Å². The van der Waals surface area contributed by atoms with Crippen molar-refractivity contribution in [2.24, 2.45) is 5.92 Å². The first kappa shape index (κ1) is 17.3. The molecule has 1 amide bonds. The molecule has 6 nitrogen and oxygen atoms in total. The molecule has 0 aliphatic heterocycles. The van der Waals surface area contributed by atoms with E-state index in [1.807, 2.05) is 0 Å². The number of benzene rings is 1. The van der Waals surface area contributed by atoms with Crippen LogP contribution < -0.4 is 4.74 Å². The van der Waals surface area contributed by atoms with E-state index in [9.17, 15) is 9.59 Å². The Morgan fingerprint density at radius 3 is 2.70 bits per heavy atom. The maximum atomic E-state index is 12.7. The molecule has 0 heterocycles. The maximum absolute atomic E-state index is 12.7. The monoisotopic (exact) mass is 321 g/mol. The van der Waals surface area contributed by atoms with Crippen molar-refractivity contribution < 1.29 is 24.2 Å². The molecule has 1 aliphatic rings. The third kappa shape index (κ3) is 4.96. The van der Waals surface area contributed by atoms with Crippen LogP contribution in [0, 0.1) is 5.92 Å². The number of aliphatic carboxylic acids is 1. The van der Waals surface area contributed by atoms with E-state index in [0.29, 0.717) is 24.5 Å². The van der Waals surface area contributed by atoms with E-state index in [0.717, 1.165) is 12.8 Å². The van der Waals surface area contributed by atoms with E-state index in [-0.39, 0.29) is 18.5 Å². The third-order valence-corrected chi connectivity index (χ3v) is 3.78. The summed E-state index contributed by atoms with van der Waals surface area (Å²) in [4.78, 5) is 25.5. The van der Waals surface area contributed by atoms with Gasteiger partial charge in [-0.25, -0.2) is 0 Å². The highest BCUT2D eigenvalue weighted by Crippen LogP contribution is 2.29. The molecule has 1 fully saturated rings. The Morgan fingerprint density at radius 1 is 1.35 bits per heavy atom. The normalized spacial score (nSPS) is 15.0. The van der Waals surface area contributed by atoms with E-state index in [4.69, 9.17) is 14.6 Å². The molecule has 1 N–H and O–H groups in total. The van der Waals surface area contributed by atoms with E-state index >= 15 is 0 Å². The highest BCUT2D eigenvalue weighted by atomic mass is 16.5. The van der Waals surface area contributed by atoms with Crippen molar-refractivity contribution in [1.82, 2.24) is 4.90 Å². The fourth-order valence-corrected chi connectivity index (χ4v) is 2.28. The smallest absolute Gasteiger partial charge is 0.308 e. The number of hydrogen-bond acceptors (Lipinski definition) is 4. The topological polar surface area (TPSA) is 76.1 Å². The van der Waals surface area contributed by atoms with Gasteiger partial charge in [-0.05, 0) is 31.0 Å². The summed E-state index contributed by atoms with van der Waals surface area (Å²) in [6.45, 7) is 2.74. The number of nitrogens with zero attached hydrogens (tertiary/aromatic N) is 1. The van der Waals surface area contributed by atoms with Crippen molar-refractivity contribution in [2.75, 3.05) is 26.9 Å². The molecule has 1 aromatic rings. The average Bonchev–Trinajstić information content (AvgIpc) is 3.37. The molecular weight excluding hydrogens is 298 g/mol. The summed E-state index contributed by atoms with van der Waals surface area (Å²) in [5.41, 5.74) is 0.518. The Balaban J connectivity index is 2.07.